The lowest BCUT2D eigenvalue weighted by Gasteiger charge is -2.15. The van der Waals surface area contributed by atoms with Crippen LogP contribution in [0.1, 0.15) is 11.7 Å². The van der Waals surface area contributed by atoms with Gasteiger partial charge in [0.2, 0.25) is 0 Å². The number of halogens is 1. The molecule has 0 aromatic heterocycles. The first kappa shape index (κ1) is 9.16. The van der Waals surface area contributed by atoms with Crippen molar-refractivity contribution in [2.24, 2.45) is 0 Å². The summed E-state index contributed by atoms with van der Waals surface area (Å²) in [6.07, 6.45) is -0.119. The minimum Gasteiger partial charge on any atom is -0.301 e. The van der Waals surface area contributed by atoms with Crippen molar-refractivity contribution < 1.29 is 4.39 Å². The third-order valence-corrected chi connectivity index (χ3v) is 1.79. The molecule has 1 aromatic rings. The molecule has 12 heavy (non-hydrogen) atoms. The van der Waals surface area contributed by atoms with Crippen LogP contribution in [-0.2, 0) is 0 Å². The molecule has 0 aliphatic rings. The molecule has 0 aliphatic heterocycles. The monoisotopic (exact) mass is 168 g/mol. The summed E-state index contributed by atoms with van der Waals surface area (Å²) in [5.74, 6) is -0.189. The molecule has 0 saturated carbocycles. The second-order valence-corrected chi connectivity index (χ2v) is 2.53. The zero-order valence-electron chi connectivity index (χ0n) is 7.26. The SMILES string of the molecule is CNC(NC)c1ccccc1F. The predicted molar refractivity (Wildman–Crippen MR) is 47.3 cm³/mol. The van der Waals surface area contributed by atoms with Crippen LogP contribution in [0.4, 0.5) is 4.39 Å². The minimum absolute atomic E-state index is 0.119. The summed E-state index contributed by atoms with van der Waals surface area (Å²) in [5, 5.41) is 5.92. The number of benzene rings is 1. The summed E-state index contributed by atoms with van der Waals surface area (Å²) in [6, 6.07) is 6.71. The maximum atomic E-state index is 13.1. The van der Waals surface area contributed by atoms with Gasteiger partial charge in [-0.05, 0) is 20.2 Å². The molecule has 1 aromatic carbocycles. The fourth-order valence-electron chi connectivity index (χ4n) is 1.16. The third kappa shape index (κ3) is 1.81. The van der Waals surface area contributed by atoms with Crippen LogP contribution in [0.3, 0.4) is 0 Å². The second kappa shape index (κ2) is 4.18. The molecule has 0 aliphatic carbocycles. The molecule has 0 spiro atoms. The Kier molecular flexibility index (Phi) is 3.19. The molecular formula is C9H13FN2. The van der Waals surface area contributed by atoms with Gasteiger partial charge in [0.1, 0.15) is 5.82 Å². The van der Waals surface area contributed by atoms with Crippen molar-refractivity contribution in [1.82, 2.24) is 10.6 Å². The summed E-state index contributed by atoms with van der Waals surface area (Å²) in [6.45, 7) is 0. The topological polar surface area (TPSA) is 24.1 Å². The Morgan fingerprint density at radius 2 is 1.75 bits per heavy atom. The molecule has 0 unspecified atom stereocenters. The van der Waals surface area contributed by atoms with E-state index in [2.05, 4.69) is 10.6 Å². The summed E-state index contributed by atoms with van der Waals surface area (Å²) >= 11 is 0. The Hall–Kier alpha value is -0.930. The van der Waals surface area contributed by atoms with E-state index >= 15 is 0 Å². The van der Waals surface area contributed by atoms with Gasteiger partial charge in [-0.25, -0.2) is 4.39 Å². The molecule has 0 fully saturated rings. The van der Waals surface area contributed by atoms with E-state index in [4.69, 9.17) is 0 Å². The van der Waals surface area contributed by atoms with Crippen LogP contribution in [0, 0.1) is 5.82 Å². The molecule has 2 nitrogen and oxygen atoms in total. The summed E-state index contributed by atoms with van der Waals surface area (Å²) in [5.41, 5.74) is 0.641. The molecule has 1 rings (SSSR count). The van der Waals surface area contributed by atoms with E-state index < -0.39 is 0 Å². The normalized spacial score (nSPS) is 10.7. The van der Waals surface area contributed by atoms with Gasteiger partial charge in [0.05, 0.1) is 6.17 Å². The highest BCUT2D eigenvalue weighted by Gasteiger charge is 2.09. The molecule has 0 heterocycles. The quantitative estimate of drug-likeness (QED) is 0.664. The molecule has 2 N–H and O–H groups in total. The second-order valence-electron chi connectivity index (χ2n) is 2.53. The minimum atomic E-state index is -0.189. The van der Waals surface area contributed by atoms with Gasteiger partial charge in [-0.2, -0.15) is 0 Å². The highest BCUT2D eigenvalue weighted by molar-refractivity contribution is 5.20. The lowest BCUT2D eigenvalue weighted by Crippen LogP contribution is -2.29. The Bertz CT molecular complexity index is 246. The third-order valence-electron chi connectivity index (χ3n) is 1.79. The maximum absolute atomic E-state index is 13.1. The molecule has 0 saturated heterocycles. The van der Waals surface area contributed by atoms with Crippen LogP contribution in [0.15, 0.2) is 24.3 Å². The Morgan fingerprint density at radius 3 is 2.25 bits per heavy atom. The molecule has 0 atom stereocenters. The van der Waals surface area contributed by atoms with Crippen LogP contribution >= 0.6 is 0 Å². The van der Waals surface area contributed by atoms with E-state index in [1.165, 1.54) is 6.07 Å². The van der Waals surface area contributed by atoms with Gasteiger partial charge in [-0.3, -0.25) is 0 Å². The van der Waals surface area contributed by atoms with Crippen LogP contribution in [0.2, 0.25) is 0 Å². The van der Waals surface area contributed by atoms with E-state index in [0.29, 0.717) is 5.56 Å². The first-order valence-electron chi connectivity index (χ1n) is 3.88. The average Bonchev–Trinajstić information content (AvgIpc) is 2.10. The van der Waals surface area contributed by atoms with Crippen molar-refractivity contribution in [2.45, 2.75) is 6.17 Å². The lowest BCUT2D eigenvalue weighted by atomic mass is 10.1. The van der Waals surface area contributed by atoms with E-state index in [0.717, 1.165) is 0 Å². The molecular weight excluding hydrogens is 155 g/mol. The van der Waals surface area contributed by atoms with Crippen molar-refractivity contribution in [3.63, 3.8) is 0 Å². The highest BCUT2D eigenvalue weighted by Crippen LogP contribution is 2.12. The van der Waals surface area contributed by atoms with Crippen LogP contribution in [-0.4, -0.2) is 14.1 Å². The van der Waals surface area contributed by atoms with Gasteiger partial charge in [-0.15, -0.1) is 0 Å². The van der Waals surface area contributed by atoms with Crippen LogP contribution in [0.5, 0.6) is 0 Å². The first-order valence-corrected chi connectivity index (χ1v) is 3.88. The molecule has 66 valence electrons. The Balaban J connectivity index is 2.92. The van der Waals surface area contributed by atoms with Crippen molar-refractivity contribution in [2.75, 3.05) is 14.1 Å². The van der Waals surface area contributed by atoms with Gasteiger partial charge in [-0.1, -0.05) is 18.2 Å². The van der Waals surface area contributed by atoms with E-state index in [-0.39, 0.29) is 12.0 Å². The summed E-state index contributed by atoms with van der Waals surface area (Å²) in [4.78, 5) is 0. The van der Waals surface area contributed by atoms with Gasteiger partial charge in [0, 0.05) is 5.56 Å². The zero-order valence-corrected chi connectivity index (χ0v) is 7.26. The molecule has 0 bridgehead atoms. The van der Waals surface area contributed by atoms with E-state index in [1.54, 1.807) is 26.2 Å². The lowest BCUT2D eigenvalue weighted by molar-refractivity contribution is 0.486. The maximum Gasteiger partial charge on any atom is 0.129 e. The summed E-state index contributed by atoms with van der Waals surface area (Å²) in [7, 11) is 3.57. The smallest absolute Gasteiger partial charge is 0.129 e. The Morgan fingerprint density at radius 1 is 1.17 bits per heavy atom. The zero-order chi connectivity index (χ0) is 8.97. The van der Waals surface area contributed by atoms with E-state index in [1.807, 2.05) is 6.07 Å². The Labute approximate surface area is 71.8 Å². The number of hydrogen-bond acceptors (Lipinski definition) is 2. The van der Waals surface area contributed by atoms with Crippen LogP contribution < -0.4 is 10.6 Å². The number of hydrogen-bond donors (Lipinski definition) is 2. The number of rotatable bonds is 3. The number of nitrogens with one attached hydrogen (secondary N) is 2. The molecule has 3 heteroatoms. The largest absolute Gasteiger partial charge is 0.301 e. The highest BCUT2D eigenvalue weighted by atomic mass is 19.1. The molecule has 0 amide bonds. The van der Waals surface area contributed by atoms with E-state index in [9.17, 15) is 4.39 Å². The van der Waals surface area contributed by atoms with Crippen molar-refractivity contribution in [3.8, 4) is 0 Å². The standard InChI is InChI=1S/C9H13FN2/c1-11-9(12-2)7-5-3-4-6-8(7)10/h3-6,9,11-12H,1-2H3. The summed E-state index contributed by atoms with van der Waals surface area (Å²) < 4.78 is 13.1. The molecule has 0 radical (unpaired) electrons. The van der Waals surface area contributed by atoms with Crippen LogP contribution in [0.25, 0.3) is 0 Å². The predicted octanol–water partition coefficient (Wildman–Crippen LogP) is 1.26. The first-order chi connectivity index (χ1) is 5.79. The fraction of sp³-hybridized carbons (Fsp3) is 0.333. The van der Waals surface area contributed by atoms with Crippen molar-refractivity contribution in [1.29, 1.82) is 0 Å². The van der Waals surface area contributed by atoms with Crippen molar-refractivity contribution >= 4 is 0 Å². The average molecular weight is 168 g/mol. The van der Waals surface area contributed by atoms with Crippen molar-refractivity contribution in [3.05, 3.63) is 35.6 Å². The van der Waals surface area contributed by atoms with Gasteiger partial charge in [0.15, 0.2) is 0 Å². The van der Waals surface area contributed by atoms with Gasteiger partial charge < -0.3 is 10.6 Å². The fourth-order valence-corrected chi connectivity index (χ4v) is 1.16. The van der Waals surface area contributed by atoms with Gasteiger partial charge in [0.25, 0.3) is 0 Å². The van der Waals surface area contributed by atoms with Gasteiger partial charge >= 0.3 is 0 Å².